The molecule has 0 bridgehead atoms. The summed E-state index contributed by atoms with van der Waals surface area (Å²) in [5, 5.41) is 0. The third-order valence-electron chi connectivity index (χ3n) is 2.33. The van der Waals surface area contributed by atoms with Gasteiger partial charge in [0.25, 0.3) is 0 Å². The van der Waals surface area contributed by atoms with Gasteiger partial charge in [-0.1, -0.05) is 0 Å². The second kappa shape index (κ2) is 5.09. The Balaban J connectivity index is 2.04. The van der Waals surface area contributed by atoms with Gasteiger partial charge in [0.05, 0.1) is 6.61 Å². The molecule has 6 nitrogen and oxygen atoms in total. The molecule has 1 aliphatic carbocycles. The van der Waals surface area contributed by atoms with E-state index in [2.05, 4.69) is 15.4 Å². The van der Waals surface area contributed by atoms with Crippen molar-refractivity contribution < 1.29 is 9.47 Å². The van der Waals surface area contributed by atoms with E-state index in [1.54, 1.807) is 13.2 Å². The van der Waals surface area contributed by atoms with Crippen LogP contribution >= 0.6 is 0 Å². The summed E-state index contributed by atoms with van der Waals surface area (Å²) in [7, 11) is 1.59. The predicted molar refractivity (Wildman–Crippen MR) is 58.8 cm³/mol. The highest BCUT2D eigenvalue weighted by Crippen LogP contribution is 2.29. The van der Waals surface area contributed by atoms with Crippen LogP contribution in [0.25, 0.3) is 0 Å². The molecule has 0 unspecified atom stereocenters. The predicted octanol–water partition coefficient (Wildman–Crippen LogP) is 0.697. The molecule has 6 heteroatoms. The molecule has 0 atom stereocenters. The van der Waals surface area contributed by atoms with E-state index in [9.17, 15) is 0 Å². The lowest BCUT2D eigenvalue weighted by atomic mass is 10.4. The summed E-state index contributed by atoms with van der Waals surface area (Å²) in [6.45, 7) is 1.06. The van der Waals surface area contributed by atoms with Crippen LogP contribution in [0.1, 0.15) is 18.7 Å². The lowest BCUT2D eigenvalue weighted by molar-refractivity contribution is 0.176. The van der Waals surface area contributed by atoms with Crippen molar-refractivity contribution in [3.8, 4) is 5.88 Å². The molecule has 16 heavy (non-hydrogen) atoms. The van der Waals surface area contributed by atoms with Crippen molar-refractivity contribution in [2.75, 3.05) is 19.1 Å². The van der Waals surface area contributed by atoms with Crippen LogP contribution in [0, 0.1) is 5.92 Å². The molecular formula is C10H16N4O2. The van der Waals surface area contributed by atoms with E-state index in [0.29, 0.717) is 36.7 Å². The van der Waals surface area contributed by atoms with Gasteiger partial charge in [-0.15, -0.1) is 0 Å². The first-order chi connectivity index (χ1) is 7.81. The number of anilines is 1. The van der Waals surface area contributed by atoms with Gasteiger partial charge >= 0.3 is 0 Å². The number of aromatic nitrogens is 2. The van der Waals surface area contributed by atoms with Crippen molar-refractivity contribution in [3.05, 3.63) is 11.9 Å². The molecule has 0 aromatic carbocycles. The van der Waals surface area contributed by atoms with Gasteiger partial charge in [0.15, 0.2) is 5.82 Å². The van der Waals surface area contributed by atoms with Crippen LogP contribution in [0.2, 0.25) is 0 Å². The monoisotopic (exact) mass is 224 g/mol. The van der Waals surface area contributed by atoms with E-state index >= 15 is 0 Å². The van der Waals surface area contributed by atoms with Crippen molar-refractivity contribution in [2.24, 2.45) is 11.8 Å². The number of methoxy groups -OCH3 is 1. The van der Waals surface area contributed by atoms with E-state index in [-0.39, 0.29) is 0 Å². The Hall–Kier alpha value is -1.40. The van der Waals surface area contributed by atoms with Crippen molar-refractivity contribution in [1.29, 1.82) is 0 Å². The first-order valence-electron chi connectivity index (χ1n) is 5.28. The van der Waals surface area contributed by atoms with Gasteiger partial charge in [0.1, 0.15) is 12.4 Å². The van der Waals surface area contributed by atoms with Crippen LogP contribution in [0.4, 0.5) is 5.82 Å². The molecule has 0 amide bonds. The van der Waals surface area contributed by atoms with E-state index < -0.39 is 0 Å². The van der Waals surface area contributed by atoms with E-state index in [1.165, 1.54) is 12.8 Å². The maximum Gasteiger partial charge on any atom is 0.218 e. The molecule has 1 aromatic rings. The molecule has 0 radical (unpaired) electrons. The Morgan fingerprint density at radius 3 is 2.94 bits per heavy atom. The molecule has 1 aromatic heterocycles. The van der Waals surface area contributed by atoms with Gasteiger partial charge in [0.2, 0.25) is 5.88 Å². The summed E-state index contributed by atoms with van der Waals surface area (Å²) in [6, 6.07) is 1.68. The van der Waals surface area contributed by atoms with E-state index in [1.807, 2.05) is 0 Å². The average Bonchev–Trinajstić information content (AvgIpc) is 3.10. The molecule has 1 aliphatic rings. The highest BCUT2D eigenvalue weighted by Gasteiger charge is 2.22. The van der Waals surface area contributed by atoms with Crippen LogP contribution in [-0.4, -0.2) is 23.7 Å². The van der Waals surface area contributed by atoms with Crippen molar-refractivity contribution in [3.63, 3.8) is 0 Å². The Kier molecular flexibility index (Phi) is 3.53. The first-order valence-corrected chi connectivity index (χ1v) is 5.28. The number of nitrogens with zero attached hydrogens (tertiary/aromatic N) is 2. The number of hydrogen-bond donors (Lipinski definition) is 2. The van der Waals surface area contributed by atoms with Crippen LogP contribution in [0.5, 0.6) is 5.88 Å². The highest BCUT2D eigenvalue weighted by molar-refractivity contribution is 5.36. The molecular weight excluding hydrogens is 208 g/mol. The maximum absolute atomic E-state index is 5.56. The average molecular weight is 224 g/mol. The van der Waals surface area contributed by atoms with Crippen LogP contribution in [0.15, 0.2) is 6.07 Å². The van der Waals surface area contributed by atoms with Gasteiger partial charge in [-0.2, -0.15) is 4.98 Å². The normalized spacial score (nSPS) is 14.9. The number of hydrogen-bond acceptors (Lipinski definition) is 6. The summed E-state index contributed by atoms with van der Waals surface area (Å²) < 4.78 is 10.5. The number of nitrogen functional groups attached to an aromatic ring is 1. The van der Waals surface area contributed by atoms with Gasteiger partial charge < -0.3 is 14.9 Å². The summed E-state index contributed by atoms with van der Waals surface area (Å²) in [5.41, 5.74) is 2.48. The quantitative estimate of drug-likeness (QED) is 0.546. The number of nitrogens with two attached hydrogens (primary N) is 1. The number of ether oxygens (including phenoxy) is 2. The number of hydrazine groups is 1. The van der Waals surface area contributed by atoms with E-state index in [4.69, 9.17) is 15.3 Å². The second-order valence-corrected chi connectivity index (χ2v) is 3.84. The van der Waals surface area contributed by atoms with Gasteiger partial charge in [-0.3, -0.25) is 0 Å². The molecule has 0 spiro atoms. The maximum atomic E-state index is 5.56. The largest absolute Gasteiger partial charge is 0.477 e. The minimum absolute atomic E-state index is 0.343. The Morgan fingerprint density at radius 2 is 2.31 bits per heavy atom. The Bertz CT molecular complexity index is 355. The first kappa shape index (κ1) is 11.1. The highest BCUT2D eigenvalue weighted by atomic mass is 16.5. The summed E-state index contributed by atoms with van der Waals surface area (Å²) >= 11 is 0. The molecule has 1 saturated carbocycles. The standard InChI is InChI=1S/C10H16N4O2/c1-15-6-9-12-8(14-11)4-10(13-9)16-5-7-2-3-7/h4,7H,2-3,5-6,11H2,1H3,(H,12,13,14). The SMILES string of the molecule is COCc1nc(NN)cc(OCC2CC2)n1. The molecule has 3 N–H and O–H groups in total. The molecule has 1 fully saturated rings. The van der Waals surface area contributed by atoms with Gasteiger partial charge in [0, 0.05) is 13.2 Å². The van der Waals surface area contributed by atoms with Crippen LogP contribution < -0.4 is 16.0 Å². The van der Waals surface area contributed by atoms with E-state index in [0.717, 1.165) is 0 Å². The molecule has 1 heterocycles. The van der Waals surface area contributed by atoms with Crippen molar-refractivity contribution >= 4 is 5.82 Å². The molecule has 88 valence electrons. The molecule has 2 rings (SSSR count). The summed E-state index contributed by atoms with van der Waals surface area (Å²) in [6.07, 6.45) is 2.50. The summed E-state index contributed by atoms with van der Waals surface area (Å²) in [5.74, 6) is 7.64. The van der Waals surface area contributed by atoms with Crippen molar-refractivity contribution in [1.82, 2.24) is 9.97 Å². The fraction of sp³-hybridized carbons (Fsp3) is 0.600. The third kappa shape index (κ3) is 3.04. The zero-order chi connectivity index (χ0) is 11.4. The fourth-order valence-corrected chi connectivity index (χ4v) is 1.30. The number of rotatable bonds is 6. The summed E-state index contributed by atoms with van der Waals surface area (Å²) in [4.78, 5) is 8.35. The zero-order valence-electron chi connectivity index (χ0n) is 9.27. The second-order valence-electron chi connectivity index (χ2n) is 3.84. The number of nitrogens with one attached hydrogen (secondary N) is 1. The van der Waals surface area contributed by atoms with Crippen molar-refractivity contribution in [2.45, 2.75) is 19.4 Å². The zero-order valence-corrected chi connectivity index (χ0v) is 9.27. The Labute approximate surface area is 94.1 Å². The minimum atomic E-state index is 0.343. The van der Waals surface area contributed by atoms with Gasteiger partial charge in [-0.25, -0.2) is 10.8 Å². The fourth-order valence-electron chi connectivity index (χ4n) is 1.30. The topological polar surface area (TPSA) is 82.3 Å². The Morgan fingerprint density at radius 1 is 1.50 bits per heavy atom. The third-order valence-corrected chi connectivity index (χ3v) is 2.33. The lowest BCUT2D eigenvalue weighted by Crippen LogP contribution is -2.12. The van der Waals surface area contributed by atoms with Crippen LogP contribution in [-0.2, 0) is 11.3 Å². The van der Waals surface area contributed by atoms with Crippen LogP contribution in [0.3, 0.4) is 0 Å². The smallest absolute Gasteiger partial charge is 0.218 e. The minimum Gasteiger partial charge on any atom is -0.477 e. The molecule has 0 saturated heterocycles. The molecule has 0 aliphatic heterocycles. The lowest BCUT2D eigenvalue weighted by Gasteiger charge is -2.08. The van der Waals surface area contributed by atoms with Gasteiger partial charge in [-0.05, 0) is 18.8 Å².